The number of amidine groups is 1. The van der Waals surface area contributed by atoms with Crippen LogP contribution in [0.25, 0.3) is 0 Å². The number of ether oxygens (including phenoxy) is 2. The lowest BCUT2D eigenvalue weighted by molar-refractivity contribution is -0.119. The Hall–Kier alpha value is -4.18. The molecule has 1 unspecified atom stereocenters. The van der Waals surface area contributed by atoms with Crippen molar-refractivity contribution in [1.82, 2.24) is 19.8 Å². The number of phenols is 1. The number of aromatic nitrogens is 2. The highest BCUT2D eigenvalue weighted by Gasteiger charge is 2.33. The Labute approximate surface area is 196 Å². The molecule has 4 rings (SSSR count). The van der Waals surface area contributed by atoms with Crippen molar-refractivity contribution in [3.63, 3.8) is 0 Å². The Bertz CT molecular complexity index is 1250. The maximum absolute atomic E-state index is 12.3. The van der Waals surface area contributed by atoms with Crippen LogP contribution in [0.3, 0.4) is 0 Å². The van der Waals surface area contributed by atoms with Gasteiger partial charge >= 0.3 is 6.03 Å². The molecule has 1 aliphatic heterocycles. The third kappa shape index (κ3) is 4.35. The Morgan fingerprint density at radius 1 is 1.06 bits per heavy atom. The number of hydrogen-bond acceptors (Lipinski definition) is 7. The first-order chi connectivity index (χ1) is 16.3. The number of carbonyl (C=O) groups excluding carboxylic acids is 2. The van der Waals surface area contributed by atoms with Gasteiger partial charge in [-0.1, -0.05) is 24.3 Å². The van der Waals surface area contributed by atoms with Crippen LogP contribution < -0.4 is 10.1 Å². The van der Waals surface area contributed by atoms with Crippen molar-refractivity contribution in [2.24, 2.45) is 12.0 Å². The second kappa shape index (κ2) is 9.36. The molecule has 0 saturated carbocycles. The van der Waals surface area contributed by atoms with E-state index < -0.39 is 18.0 Å². The SMILES string of the molecule is COc1ccc(C(OC)c2nc(/N=C3/NC(=O)N(C)C3=O)n(C)c2Cc2ccc(O)cc2)cc1. The van der Waals surface area contributed by atoms with E-state index >= 15 is 0 Å². The van der Waals surface area contributed by atoms with Crippen molar-refractivity contribution in [3.8, 4) is 11.5 Å². The van der Waals surface area contributed by atoms with E-state index in [2.05, 4.69) is 10.3 Å². The highest BCUT2D eigenvalue weighted by Crippen LogP contribution is 2.32. The van der Waals surface area contributed by atoms with Gasteiger partial charge in [-0.3, -0.25) is 15.0 Å². The lowest BCUT2D eigenvalue weighted by Crippen LogP contribution is -2.25. The highest BCUT2D eigenvalue weighted by atomic mass is 16.5. The number of hydrogen-bond donors (Lipinski definition) is 2. The van der Waals surface area contributed by atoms with Crippen molar-refractivity contribution in [1.29, 1.82) is 0 Å². The quantitative estimate of drug-likeness (QED) is 0.520. The van der Waals surface area contributed by atoms with Gasteiger partial charge < -0.3 is 19.1 Å². The average molecular weight is 463 g/mol. The molecular formula is C24H25N5O5. The summed E-state index contributed by atoms with van der Waals surface area (Å²) in [6.45, 7) is 0. The first-order valence-electron chi connectivity index (χ1n) is 10.5. The van der Waals surface area contributed by atoms with Crippen LogP contribution in [0.15, 0.2) is 53.5 Å². The number of imidazole rings is 1. The number of nitrogens with zero attached hydrogens (tertiary/aromatic N) is 4. The number of likely N-dealkylation sites (N-methyl/N-ethyl adjacent to an activating group) is 1. The van der Waals surface area contributed by atoms with Gasteiger partial charge in [0.2, 0.25) is 11.8 Å². The summed E-state index contributed by atoms with van der Waals surface area (Å²) < 4.78 is 12.9. The summed E-state index contributed by atoms with van der Waals surface area (Å²) in [6, 6.07) is 13.8. The number of amides is 3. The third-order valence-electron chi connectivity index (χ3n) is 5.68. The second-order valence-corrected chi connectivity index (χ2v) is 7.79. The Morgan fingerprint density at radius 2 is 1.74 bits per heavy atom. The normalized spacial score (nSPS) is 15.6. The first-order valence-corrected chi connectivity index (χ1v) is 10.5. The molecule has 0 spiro atoms. The molecule has 0 radical (unpaired) electrons. The fourth-order valence-electron chi connectivity index (χ4n) is 3.72. The molecule has 34 heavy (non-hydrogen) atoms. The van der Waals surface area contributed by atoms with Crippen molar-refractivity contribution < 1.29 is 24.2 Å². The van der Waals surface area contributed by atoms with E-state index in [-0.39, 0.29) is 17.5 Å². The largest absolute Gasteiger partial charge is 0.508 e. The van der Waals surface area contributed by atoms with Gasteiger partial charge in [0, 0.05) is 33.3 Å². The molecule has 3 amide bonds. The Kier molecular flexibility index (Phi) is 6.33. The van der Waals surface area contributed by atoms with Crippen molar-refractivity contribution in [3.05, 3.63) is 71.0 Å². The van der Waals surface area contributed by atoms with Gasteiger partial charge in [-0.05, 0) is 35.4 Å². The van der Waals surface area contributed by atoms with Gasteiger partial charge in [0.25, 0.3) is 5.91 Å². The Morgan fingerprint density at radius 3 is 2.29 bits per heavy atom. The van der Waals surface area contributed by atoms with E-state index in [9.17, 15) is 14.7 Å². The van der Waals surface area contributed by atoms with E-state index in [1.54, 1.807) is 38.0 Å². The molecule has 1 fully saturated rings. The molecule has 0 aliphatic carbocycles. The fourth-order valence-corrected chi connectivity index (χ4v) is 3.72. The number of phenolic OH excluding ortho intramolecular Hbond substituents is 1. The monoisotopic (exact) mass is 463 g/mol. The Balaban J connectivity index is 1.81. The number of carbonyl (C=O) groups is 2. The number of aliphatic imine (C=N–C) groups is 1. The molecule has 1 aromatic heterocycles. The second-order valence-electron chi connectivity index (χ2n) is 7.79. The van der Waals surface area contributed by atoms with Crippen LogP contribution in [0.5, 0.6) is 11.5 Å². The maximum Gasteiger partial charge on any atom is 0.329 e. The minimum Gasteiger partial charge on any atom is -0.508 e. The molecule has 2 aromatic carbocycles. The van der Waals surface area contributed by atoms with Crippen LogP contribution >= 0.6 is 0 Å². The van der Waals surface area contributed by atoms with Crippen molar-refractivity contribution in [2.75, 3.05) is 21.3 Å². The molecule has 3 aromatic rings. The zero-order valence-corrected chi connectivity index (χ0v) is 19.3. The van der Waals surface area contributed by atoms with E-state index in [1.165, 1.54) is 7.05 Å². The van der Waals surface area contributed by atoms with Gasteiger partial charge in [0.1, 0.15) is 17.6 Å². The average Bonchev–Trinajstić information content (AvgIpc) is 3.27. The number of aromatic hydroxyl groups is 1. The van der Waals surface area contributed by atoms with E-state index in [1.807, 2.05) is 36.4 Å². The first kappa shape index (κ1) is 23.0. The summed E-state index contributed by atoms with van der Waals surface area (Å²) in [5.74, 6) is 0.512. The number of methoxy groups -OCH3 is 2. The minimum atomic E-state index is -0.546. The van der Waals surface area contributed by atoms with Crippen LogP contribution in [-0.2, 0) is 23.0 Å². The number of rotatable bonds is 7. The zero-order valence-electron chi connectivity index (χ0n) is 19.3. The predicted molar refractivity (Wildman–Crippen MR) is 124 cm³/mol. The lowest BCUT2D eigenvalue weighted by Gasteiger charge is -2.17. The molecule has 10 nitrogen and oxygen atoms in total. The lowest BCUT2D eigenvalue weighted by atomic mass is 10.0. The smallest absolute Gasteiger partial charge is 0.329 e. The van der Waals surface area contributed by atoms with Gasteiger partial charge in [-0.15, -0.1) is 0 Å². The van der Waals surface area contributed by atoms with Gasteiger partial charge in [0.05, 0.1) is 12.8 Å². The number of benzene rings is 2. The highest BCUT2D eigenvalue weighted by molar-refractivity contribution is 6.47. The number of imide groups is 1. The summed E-state index contributed by atoms with van der Waals surface area (Å²) in [4.78, 5) is 34.2. The van der Waals surface area contributed by atoms with Crippen LogP contribution in [-0.4, -0.2) is 58.6 Å². The molecule has 2 N–H and O–H groups in total. The van der Waals surface area contributed by atoms with E-state index in [4.69, 9.17) is 14.5 Å². The van der Waals surface area contributed by atoms with Gasteiger partial charge in [-0.25, -0.2) is 9.78 Å². The summed E-state index contributed by atoms with van der Waals surface area (Å²) >= 11 is 0. The van der Waals surface area contributed by atoms with Crippen LogP contribution in [0.1, 0.15) is 28.6 Å². The molecule has 176 valence electrons. The molecular weight excluding hydrogens is 438 g/mol. The standard InChI is InChI=1S/C24H25N5O5/c1-28-18(13-14-5-9-16(30)10-6-14)19(20(34-4)15-7-11-17(33-3)12-8-15)25-23(28)26-21-22(31)29(2)24(32)27-21/h5-12,20,30H,13H2,1-4H3,(H,25,26,27,32). The summed E-state index contributed by atoms with van der Waals surface area (Å²) in [7, 11) is 6.36. The zero-order chi connectivity index (χ0) is 24.4. The summed E-state index contributed by atoms with van der Waals surface area (Å²) in [6.07, 6.45) is -0.0464. The molecule has 1 aliphatic rings. The molecule has 1 saturated heterocycles. The van der Waals surface area contributed by atoms with Crippen LogP contribution in [0.4, 0.5) is 10.7 Å². The van der Waals surface area contributed by atoms with Gasteiger partial charge in [-0.2, -0.15) is 4.99 Å². The molecule has 0 bridgehead atoms. The predicted octanol–water partition coefficient (Wildman–Crippen LogP) is 2.67. The number of urea groups is 1. The summed E-state index contributed by atoms with van der Waals surface area (Å²) in [5, 5.41) is 12.1. The molecule has 1 atom stereocenters. The van der Waals surface area contributed by atoms with Crippen molar-refractivity contribution in [2.45, 2.75) is 12.5 Å². The fraction of sp³-hybridized carbons (Fsp3) is 0.250. The van der Waals surface area contributed by atoms with Gasteiger partial charge in [0.15, 0.2) is 0 Å². The van der Waals surface area contributed by atoms with E-state index in [0.29, 0.717) is 12.1 Å². The molecule has 10 heteroatoms. The maximum atomic E-state index is 12.3. The van der Waals surface area contributed by atoms with E-state index in [0.717, 1.165) is 27.5 Å². The topological polar surface area (TPSA) is 118 Å². The minimum absolute atomic E-state index is 0.0956. The van der Waals surface area contributed by atoms with Crippen LogP contribution in [0.2, 0.25) is 0 Å². The van der Waals surface area contributed by atoms with Crippen molar-refractivity contribution >= 4 is 23.7 Å². The number of nitrogens with one attached hydrogen (secondary N) is 1. The molecule has 2 heterocycles. The summed E-state index contributed by atoms with van der Waals surface area (Å²) in [5.41, 5.74) is 3.22. The third-order valence-corrected chi connectivity index (χ3v) is 5.68. The van der Waals surface area contributed by atoms with Crippen LogP contribution in [0, 0.1) is 0 Å².